The fourth-order valence-corrected chi connectivity index (χ4v) is 2.01. The van der Waals surface area contributed by atoms with Crippen molar-refractivity contribution in [1.82, 2.24) is 0 Å². The zero-order valence-corrected chi connectivity index (χ0v) is 8.17. The monoisotopic (exact) mass is 248 g/mol. The normalized spacial score (nSPS) is 40.0. The highest BCUT2D eigenvalue weighted by Gasteiger charge is 2.29. The van der Waals surface area contributed by atoms with Gasteiger partial charge in [0, 0.05) is 9.58 Å². The molecule has 0 bridgehead atoms. The molecular weight excluding hydrogens is 238 g/mol. The first kappa shape index (κ1) is 8.59. The third-order valence-electron chi connectivity index (χ3n) is 1.75. The third kappa shape index (κ3) is 1.75. The molecule has 0 aromatic heterocycles. The van der Waals surface area contributed by atoms with Crippen molar-refractivity contribution in [3.8, 4) is 0 Å². The Morgan fingerprint density at radius 3 is 2.60 bits per heavy atom. The van der Waals surface area contributed by atoms with Crippen LogP contribution in [0.1, 0.15) is 13.3 Å². The number of rotatable bonds is 1. The van der Waals surface area contributed by atoms with Crippen LogP contribution < -0.4 is 0 Å². The van der Waals surface area contributed by atoms with Crippen molar-refractivity contribution in [2.24, 2.45) is 5.92 Å². The molecule has 1 aliphatic heterocycles. The van der Waals surface area contributed by atoms with Crippen molar-refractivity contribution >= 4 is 30.4 Å². The molecule has 0 aromatic rings. The molecule has 1 heterocycles. The van der Waals surface area contributed by atoms with E-state index in [-0.39, 0.29) is 12.1 Å². The second-order valence-electron chi connectivity index (χ2n) is 2.75. The summed E-state index contributed by atoms with van der Waals surface area (Å²) >= 11 is 2.19. The summed E-state index contributed by atoms with van der Waals surface area (Å²) < 4.78 is 6.46. The van der Waals surface area contributed by atoms with Crippen LogP contribution in [0.3, 0.4) is 0 Å². The average Bonchev–Trinajstić information content (AvgIpc) is 2.10. The second kappa shape index (κ2) is 3.26. The van der Waals surface area contributed by atoms with Crippen LogP contribution in [-0.2, 0) is 4.74 Å². The largest absolute Gasteiger partial charge is 0.379 e. The summed E-state index contributed by atoms with van der Waals surface area (Å²) in [4.78, 5) is 0. The smallest absolute Gasteiger partial charge is 0.109 e. The number of halogens is 1. The van der Waals surface area contributed by atoms with Crippen LogP contribution in [0.15, 0.2) is 10.2 Å². The van der Waals surface area contributed by atoms with Gasteiger partial charge in [0.05, 0.1) is 6.10 Å². The molecule has 0 aromatic carbocycles. The van der Waals surface area contributed by atoms with Crippen LogP contribution in [0.2, 0.25) is 0 Å². The first-order valence-electron chi connectivity index (χ1n) is 3.36. The Bertz CT molecular complexity index is 149. The zero-order chi connectivity index (χ0) is 7.72. The van der Waals surface area contributed by atoms with E-state index in [0.717, 1.165) is 10.0 Å². The first-order chi connectivity index (χ1) is 4.61. The summed E-state index contributed by atoms with van der Waals surface area (Å²) in [5.41, 5.74) is 0. The maximum absolute atomic E-state index is 5.59. The molecule has 0 amide bonds. The lowest BCUT2D eigenvalue weighted by Gasteiger charge is -2.12. The van der Waals surface area contributed by atoms with Crippen molar-refractivity contribution in [2.75, 3.05) is 0 Å². The highest BCUT2D eigenvalue weighted by molar-refractivity contribution is 14.1. The van der Waals surface area contributed by atoms with Crippen molar-refractivity contribution in [3.63, 3.8) is 0 Å². The van der Waals surface area contributed by atoms with Crippen LogP contribution in [0.5, 0.6) is 0 Å². The molecular formula is C7H10BIO. The Kier molecular flexibility index (Phi) is 2.80. The lowest BCUT2D eigenvalue weighted by atomic mass is 9.92. The molecule has 54 valence electrons. The molecule has 3 atom stereocenters. The standard InChI is InChI=1S/C7H10BIO/c1-4-3-6(8)10-7(4)5(2)9/h4,6-7H,2-3H2,1H3/t4-,6+,7-/m1/s1. The lowest BCUT2D eigenvalue weighted by molar-refractivity contribution is 0.107. The molecule has 3 heteroatoms. The first-order valence-corrected chi connectivity index (χ1v) is 4.44. The molecule has 1 saturated heterocycles. The van der Waals surface area contributed by atoms with Crippen LogP contribution in [-0.4, -0.2) is 20.0 Å². The maximum Gasteiger partial charge on any atom is 0.109 e. The van der Waals surface area contributed by atoms with E-state index >= 15 is 0 Å². The molecule has 0 N–H and O–H groups in total. The third-order valence-corrected chi connectivity index (χ3v) is 2.36. The summed E-state index contributed by atoms with van der Waals surface area (Å²) in [5, 5.41) is 0. The Labute approximate surface area is 76.8 Å². The van der Waals surface area contributed by atoms with Crippen LogP contribution in [0, 0.1) is 5.92 Å². The SMILES string of the molecule is [B][C@@H]1C[C@@H](C)[C@H](C(=C)I)O1. The van der Waals surface area contributed by atoms with Gasteiger partial charge in [0.25, 0.3) is 0 Å². The Morgan fingerprint density at radius 1 is 1.80 bits per heavy atom. The van der Waals surface area contributed by atoms with E-state index in [0.29, 0.717) is 5.92 Å². The Morgan fingerprint density at radius 2 is 2.40 bits per heavy atom. The fourth-order valence-electron chi connectivity index (χ4n) is 1.25. The number of ether oxygens (including phenoxy) is 1. The van der Waals surface area contributed by atoms with Gasteiger partial charge in [0.2, 0.25) is 0 Å². The molecule has 10 heavy (non-hydrogen) atoms. The predicted octanol–water partition coefficient (Wildman–Crippen LogP) is 1.85. The van der Waals surface area contributed by atoms with Gasteiger partial charge in [0.1, 0.15) is 7.85 Å². The van der Waals surface area contributed by atoms with E-state index in [4.69, 9.17) is 12.6 Å². The van der Waals surface area contributed by atoms with Crippen molar-refractivity contribution in [3.05, 3.63) is 10.2 Å². The van der Waals surface area contributed by atoms with Crippen molar-refractivity contribution in [2.45, 2.75) is 25.5 Å². The minimum absolute atomic E-state index is 0.0773. The van der Waals surface area contributed by atoms with E-state index < -0.39 is 0 Å². The van der Waals surface area contributed by atoms with Crippen molar-refractivity contribution in [1.29, 1.82) is 0 Å². The Hall–Kier alpha value is 0.495. The quantitative estimate of drug-likeness (QED) is 0.508. The molecule has 0 aliphatic carbocycles. The van der Waals surface area contributed by atoms with Gasteiger partial charge in [-0.2, -0.15) is 0 Å². The van der Waals surface area contributed by atoms with Gasteiger partial charge in [-0.1, -0.05) is 13.5 Å². The lowest BCUT2D eigenvalue weighted by Crippen LogP contribution is -2.13. The number of hydrogen-bond acceptors (Lipinski definition) is 1. The van der Waals surface area contributed by atoms with Gasteiger partial charge in [-0.3, -0.25) is 0 Å². The molecule has 1 aliphatic rings. The number of hydrogen-bond donors (Lipinski definition) is 0. The minimum Gasteiger partial charge on any atom is -0.379 e. The van der Waals surface area contributed by atoms with Crippen molar-refractivity contribution < 1.29 is 4.74 Å². The summed E-state index contributed by atoms with van der Waals surface area (Å²) in [6.45, 7) is 5.97. The molecule has 0 saturated carbocycles. The van der Waals surface area contributed by atoms with Gasteiger partial charge < -0.3 is 4.74 Å². The van der Waals surface area contributed by atoms with Crippen LogP contribution in [0.25, 0.3) is 0 Å². The summed E-state index contributed by atoms with van der Waals surface area (Å²) in [7, 11) is 5.59. The average molecular weight is 248 g/mol. The van der Waals surface area contributed by atoms with Crippen LogP contribution >= 0.6 is 22.6 Å². The van der Waals surface area contributed by atoms with Gasteiger partial charge in [0.15, 0.2) is 0 Å². The second-order valence-corrected chi connectivity index (χ2v) is 4.14. The molecule has 2 radical (unpaired) electrons. The fraction of sp³-hybridized carbons (Fsp3) is 0.714. The predicted molar refractivity (Wildman–Crippen MR) is 51.4 cm³/mol. The van der Waals surface area contributed by atoms with E-state index in [1.165, 1.54) is 0 Å². The molecule has 1 nitrogen and oxygen atoms in total. The molecule has 1 rings (SSSR count). The zero-order valence-electron chi connectivity index (χ0n) is 6.01. The van der Waals surface area contributed by atoms with E-state index in [1.807, 2.05) is 0 Å². The van der Waals surface area contributed by atoms with E-state index in [9.17, 15) is 0 Å². The van der Waals surface area contributed by atoms with Gasteiger partial charge >= 0.3 is 0 Å². The van der Waals surface area contributed by atoms with E-state index in [2.05, 4.69) is 36.1 Å². The summed E-state index contributed by atoms with van der Waals surface area (Å²) in [6.07, 6.45) is 1.13. The van der Waals surface area contributed by atoms with Crippen LogP contribution in [0.4, 0.5) is 0 Å². The maximum atomic E-state index is 5.59. The highest BCUT2D eigenvalue weighted by atomic mass is 127. The summed E-state index contributed by atoms with van der Waals surface area (Å²) in [6, 6.07) is -0.0773. The van der Waals surface area contributed by atoms with Gasteiger partial charge in [-0.15, -0.1) is 0 Å². The molecule has 1 fully saturated rings. The van der Waals surface area contributed by atoms with Gasteiger partial charge in [-0.25, -0.2) is 0 Å². The Balaban J connectivity index is 2.54. The molecule has 0 spiro atoms. The van der Waals surface area contributed by atoms with E-state index in [1.54, 1.807) is 0 Å². The van der Waals surface area contributed by atoms with Gasteiger partial charge in [-0.05, 0) is 34.9 Å². The molecule has 0 unspecified atom stereocenters. The minimum atomic E-state index is -0.0773. The topological polar surface area (TPSA) is 9.23 Å². The summed E-state index contributed by atoms with van der Waals surface area (Å²) in [5.74, 6) is 0.527. The highest BCUT2D eigenvalue weighted by Crippen LogP contribution is 2.31.